The average molecular weight is 451 g/mol. The molecule has 178 valence electrons. The molecule has 1 unspecified atom stereocenters. The van der Waals surface area contributed by atoms with E-state index in [9.17, 15) is 9.18 Å². The van der Waals surface area contributed by atoms with Crippen molar-refractivity contribution in [1.29, 1.82) is 0 Å². The second-order valence-electron chi connectivity index (χ2n) is 6.68. The Morgan fingerprint density at radius 2 is 1.94 bits per heavy atom. The molecular formula is C22H35FN6O3. The van der Waals surface area contributed by atoms with Crippen molar-refractivity contribution >= 4 is 17.5 Å². The van der Waals surface area contributed by atoms with E-state index >= 15 is 0 Å². The van der Waals surface area contributed by atoms with E-state index in [2.05, 4.69) is 38.7 Å². The van der Waals surface area contributed by atoms with Crippen molar-refractivity contribution in [3.8, 4) is 11.8 Å². The van der Waals surface area contributed by atoms with Gasteiger partial charge in [-0.15, -0.1) is 5.10 Å². The van der Waals surface area contributed by atoms with Crippen LogP contribution >= 0.6 is 0 Å². The van der Waals surface area contributed by atoms with Crippen LogP contribution in [0.4, 0.5) is 4.39 Å². The zero-order valence-electron chi connectivity index (χ0n) is 20.1. The van der Waals surface area contributed by atoms with Gasteiger partial charge in [-0.05, 0) is 32.3 Å². The molecule has 0 aliphatic carbocycles. The van der Waals surface area contributed by atoms with E-state index in [1.807, 2.05) is 20.8 Å². The molecule has 3 heterocycles. The second-order valence-corrected chi connectivity index (χ2v) is 6.68. The van der Waals surface area contributed by atoms with Crippen molar-refractivity contribution < 1.29 is 18.7 Å². The lowest BCUT2D eigenvalue weighted by Crippen LogP contribution is -2.12. The van der Waals surface area contributed by atoms with Gasteiger partial charge in [0, 0.05) is 6.20 Å². The Morgan fingerprint density at radius 1 is 1.22 bits per heavy atom. The number of rotatable bonds is 9. The number of hydrogen-bond acceptors (Lipinski definition) is 7. The molecule has 0 aliphatic heterocycles. The lowest BCUT2D eigenvalue weighted by atomic mass is 10.1. The zero-order chi connectivity index (χ0) is 24.1. The molecule has 0 radical (unpaired) electrons. The summed E-state index contributed by atoms with van der Waals surface area (Å²) in [6, 6.07) is 0.0854. The minimum absolute atomic E-state index is 0.0854. The fourth-order valence-corrected chi connectivity index (χ4v) is 3.00. The molecule has 0 aliphatic rings. The van der Waals surface area contributed by atoms with E-state index in [4.69, 9.17) is 4.74 Å². The predicted octanol–water partition coefficient (Wildman–Crippen LogP) is 4.81. The minimum atomic E-state index is -0.615. The van der Waals surface area contributed by atoms with Gasteiger partial charge < -0.3 is 9.47 Å². The number of aromatic nitrogens is 6. The van der Waals surface area contributed by atoms with Gasteiger partial charge in [0.15, 0.2) is 11.0 Å². The molecule has 0 fully saturated rings. The Bertz CT molecular complexity index is 957. The van der Waals surface area contributed by atoms with Crippen LogP contribution in [0.2, 0.25) is 0 Å². The third-order valence-corrected chi connectivity index (χ3v) is 4.51. The summed E-state index contributed by atoms with van der Waals surface area (Å²) in [6.45, 7) is 12.8. The Hall–Kier alpha value is -3.04. The van der Waals surface area contributed by atoms with Gasteiger partial charge in [0.2, 0.25) is 5.88 Å². The summed E-state index contributed by atoms with van der Waals surface area (Å²) < 4.78 is 27.3. The minimum Gasteiger partial charge on any atom is -0.479 e. The highest BCUT2D eigenvalue weighted by atomic mass is 19.1. The first-order chi connectivity index (χ1) is 15.5. The van der Waals surface area contributed by atoms with E-state index in [0.29, 0.717) is 24.5 Å². The molecule has 0 bridgehead atoms. The maximum atomic E-state index is 14.5. The topological polar surface area (TPSA) is 97.0 Å². The van der Waals surface area contributed by atoms with Crippen LogP contribution in [-0.4, -0.2) is 49.7 Å². The van der Waals surface area contributed by atoms with Crippen LogP contribution in [0.3, 0.4) is 0 Å². The monoisotopic (exact) mass is 450 g/mol. The van der Waals surface area contributed by atoms with Gasteiger partial charge in [-0.25, -0.2) is 9.67 Å². The zero-order valence-corrected chi connectivity index (χ0v) is 20.1. The average Bonchev–Trinajstić information content (AvgIpc) is 3.40. The van der Waals surface area contributed by atoms with E-state index in [0.717, 1.165) is 31.2 Å². The van der Waals surface area contributed by atoms with E-state index in [-0.39, 0.29) is 17.5 Å². The summed E-state index contributed by atoms with van der Waals surface area (Å²) in [5, 5.41) is 8.28. The first kappa shape index (κ1) is 27.0. The van der Waals surface area contributed by atoms with Crippen LogP contribution in [0.5, 0.6) is 5.88 Å². The molecule has 1 atom stereocenters. The molecule has 3 rings (SSSR count). The fourth-order valence-electron chi connectivity index (χ4n) is 3.00. The number of halogens is 1. The Balaban J connectivity index is 0.000000646. The van der Waals surface area contributed by atoms with Crippen molar-refractivity contribution in [2.24, 2.45) is 0 Å². The van der Waals surface area contributed by atoms with Crippen molar-refractivity contribution in [1.82, 2.24) is 29.5 Å². The Morgan fingerprint density at radius 3 is 2.41 bits per heavy atom. The molecule has 0 amide bonds. The maximum absolute atomic E-state index is 14.5. The van der Waals surface area contributed by atoms with Crippen molar-refractivity contribution in [3.05, 3.63) is 23.9 Å². The highest BCUT2D eigenvalue weighted by Crippen LogP contribution is 2.30. The largest absolute Gasteiger partial charge is 0.479 e. The van der Waals surface area contributed by atoms with Gasteiger partial charge in [0.1, 0.15) is 0 Å². The standard InChI is InChI=1S/C17H23FN6O.C3H6O2.C2H6/c1-5-7-8-12(6-2)24-14-13(15(18)22-24)20-17(21-16(14)25-4)23-10-11(3)9-19-23;1-2-5-3-4;1-2/h9-10,12H,5-8H2,1-4H3;3H,2H2,1H3;1-2H3. The number of fused-ring (bicyclic) bond motifs is 1. The predicted molar refractivity (Wildman–Crippen MR) is 122 cm³/mol. The molecule has 10 heteroatoms. The number of unbranched alkanes of at least 4 members (excludes halogenated alkanes) is 1. The molecule has 0 saturated heterocycles. The number of aryl methyl sites for hydroxylation is 1. The van der Waals surface area contributed by atoms with Crippen LogP contribution in [-0.2, 0) is 9.53 Å². The Kier molecular flexibility index (Phi) is 11.9. The van der Waals surface area contributed by atoms with E-state index < -0.39 is 5.95 Å². The summed E-state index contributed by atoms with van der Waals surface area (Å²) in [5.74, 6) is -0.0483. The first-order valence-corrected chi connectivity index (χ1v) is 11.1. The smallest absolute Gasteiger partial charge is 0.293 e. The van der Waals surface area contributed by atoms with Gasteiger partial charge in [0.05, 0.1) is 26.0 Å². The maximum Gasteiger partial charge on any atom is 0.293 e. The van der Waals surface area contributed by atoms with E-state index in [1.54, 1.807) is 24.0 Å². The summed E-state index contributed by atoms with van der Waals surface area (Å²) in [6.07, 6.45) is 7.37. The van der Waals surface area contributed by atoms with Crippen LogP contribution < -0.4 is 4.74 Å². The van der Waals surface area contributed by atoms with Gasteiger partial charge >= 0.3 is 0 Å². The normalized spacial score (nSPS) is 11.1. The summed E-state index contributed by atoms with van der Waals surface area (Å²) in [4.78, 5) is 17.9. The highest BCUT2D eigenvalue weighted by Gasteiger charge is 2.23. The third-order valence-electron chi connectivity index (χ3n) is 4.51. The number of ether oxygens (including phenoxy) is 2. The van der Waals surface area contributed by atoms with Crippen LogP contribution in [0.15, 0.2) is 12.4 Å². The van der Waals surface area contributed by atoms with Crippen molar-refractivity contribution in [2.75, 3.05) is 13.7 Å². The van der Waals surface area contributed by atoms with E-state index in [1.165, 1.54) is 11.8 Å². The highest BCUT2D eigenvalue weighted by molar-refractivity contribution is 5.80. The summed E-state index contributed by atoms with van der Waals surface area (Å²) in [5.41, 5.74) is 1.62. The van der Waals surface area contributed by atoms with Crippen LogP contribution in [0, 0.1) is 12.9 Å². The fraction of sp³-hybridized carbons (Fsp3) is 0.591. The summed E-state index contributed by atoms with van der Waals surface area (Å²) in [7, 11) is 1.52. The molecule has 0 saturated carbocycles. The quantitative estimate of drug-likeness (QED) is 0.431. The van der Waals surface area contributed by atoms with Crippen LogP contribution in [0.1, 0.15) is 71.9 Å². The molecule has 0 spiro atoms. The second kappa shape index (κ2) is 14.1. The molecule has 9 nitrogen and oxygen atoms in total. The molecule has 3 aromatic rings. The van der Waals surface area contributed by atoms with Crippen molar-refractivity contribution in [2.45, 2.75) is 73.3 Å². The molecule has 0 aromatic carbocycles. The number of carbonyl (C=O) groups is 1. The third kappa shape index (κ3) is 6.73. The first-order valence-electron chi connectivity index (χ1n) is 11.1. The van der Waals surface area contributed by atoms with Gasteiger partial charge in [-0.3, -0.25) is 9.48 Å². The number of carbonyl (C=O) groups excluding carboxylic acids is 1. The lowest BCUT2D eigenvalue weighted by Gasteiger charge is -2.17. The number of hydrogen-bond donors (Lipinski definition) is 0. The van der Waals surface area contributed by atoms with Crippen molar-refractivity contribution in [3.63, 3.8) is 0 Å². The summed E-state index contributed by atoms with van der Waals surface area (Å²) >= 11 is 0. The van der Waals surface area contributed by atoms with Gasteiger partial charge in [-0.2, -0.15) is 14.5 Å². The molecule has 32 heavy (non-hydrogen) atoms. The van der Waals surface area contributed by atoms with Gasteiger partial charge in [-0.1, -0.05) is 40.5 Å². The lowest BCUT2D eigenvalue weighted by molar-refractivity contribution is -0.128. The SMILES string of the molecule is CC.CCCCC(CC)n1nc(F)c2nc(-n3cc(C)cn3)nc(OC)c21.CCOC=O. The van der Waals surface area contributed by atoms with Crippen LogP contribution in [0.25, 0.3) is 17.0 Å². The van der Waals surface area contributed by atoms with Gasteiger partial charge in [0.25, 0.3) is 18.4 Å². The molecule has 3 aromatic heterocycles. The molecule has 0 N–H and O–H groups in total. The Labute approximate surface area is 188 Å². The molecular weight excluding hydrogens is 415 g/mol. The number of methoxy groups -OCH3 is 1. The number of nitrogens with zero attached hydrogens (tertiary/aromatic N) is 6.